The second-order valence-electron chi connectivity index (χ2n) is 4.43. The zero-order valence-electron chi connectivity index (χ0n) is 10.7. The molecular formula is C13H14N4O2S. The molecule has 7 heteroatoms. The molecule has 0 aliphatic carbocycles. The molecule has 1 aromatic carbocycles. The van der Waals surface area contributed by atoms with Gasteiger partial charge in [0, 0.05) is 18.1 Å². The zero-order valence-corrected chi connectivity index (χ0v) is 11.5. The molecule has 1 N–H and O–H groups in total. The fraction of sp³-hybridized carbons (Fsp3) is 0.308. The lowest BCUT2D eigenvalue weighted by atomic mass is 10.1. The van der Waals surface area contributed by atoms with Gasteiger partial charge in [-0.2, -0.15) is 0 Å². The summed E-state index contributed by atoms with van der Waals surface area (Å²) in [7, 11) is 0. The van der Waals surface area contributed by atoms with Crippen molar-refractivity contribution in [1.29, 1.82) is 0 Å². The van der Waals surface area contributed by atoms with Gasteiger partial charge in [-0.1, -0.05) is 34.8 Å². The van der Waals surface area contributed by atoms with Crippen molar-refractivity contribution in [3.63, 3.8) is 0 Å². The highest BCUT2D eigenvalue weighted by Gasteiger charge is 2.25. The second-order valence-corrected chi connectivity index (χ2v) is 5.21. The predicted octanol–water partition coefficient (Wildman–Crippen LogP) is 2.14. The van der Waals surface area contributed by atoms with Crippen LogP contribution in [0.4, 0.5) is 9.80 Å². The van der Waals surface area contributed by atoms with Gasteiger partial charge in [0.1, 0.15) is 11.1 Å². The average Bonchev–Trinajstić information content (AvgIpc) is 3.01. The lowest BCUT2D eigenvalue weighted by molar-refractivity contribution is -0.0134. The minimum atomic E-state index is -0.139. The lowest BCUT2D eigenvalue weighted by Gasteiger charge is -2.33. The Labute approximate surface area is 120 Å². The van der Waals surface area contributed by atoms with E-state index in [0.29, 0.717) is 24.7 Å². The van der Waals surface area contributed by atoms with E-state index in [1.165, 1.54) is 6.20 Å². The molecule has 0 bridgehead atoms. The standard InChI is InChI=1S/C13H14N4O2S/c18-13(15-12-8-14-16-20-12)17-6-7-19-11(9-17)10-4-2-1-3-5-10/h1-5,8,11H,6-7,9H2,(H,15,18). The first-order chi connectivity index (χ1) is 9.83. The number of ether oxygens (including phenoxy) is 1. The van der Waals surface area contributed by atoms with E-state index in [4.69, 9.17) is 4.74 Å². The quantitative estimate of drug-likeness (QED) is 0.920. The fourth-order valence-electron chi connectivity index (χ4n) is 2.11. The number of nitrogens with one attached hydrogen (secondary N) is 1. The summed E-state index contributed by atoms with van der Waals surface area (Å²) < 4.78 is 9.45. The van der Waals surface area contributed by atoms with Crippen LogP contribution in [0.3, 0.4) is 0 Å². The second kappa shape index (κ2) is 5.98. The van der Waals surface area contributed by atoms with Crippen LogP contribution in [0.15, 0.2) is 36.5 Å². The number of hydrogen-bond donors (Lipinski definition) is 1. The Balaban J connectivity index is 1.64. The van der Waals surface area contributed by atoms with Gasteiger partial charge in [-0.25, -0.2) is 4.79 Å². The van der Waals surface area contributed by atoms with Gasteiger partial charge < -0.3 is 9.64 Å². The molecule has 104 valence electrons. The molecule has 1 aromatic heterocycles. The van der Waals surface area contributed by atoms with Crippen LogP contribution in [0.1, 0.15) is 11.7 Å². The molecule has 2 aromatic rings. The molecule has 2 heterocycles. The summed E-state index contributed by atoms with van der Waals surface area (Å²) in [6, 6.07) is 9.80. The number of urea groups is 1. The maximum Gasteiger partial charge on any atom is 0.322 e. The fourth-order valence-corrected chi connectivity index (χ4v) is 2.52. The van der Waals surface area contributed by atoms with Crippen molar-refractivity contribution >= 4 is 22.6 Å². The van der Waals surface area contributed by atoms with E-state index in [1.54, 1.807) is 4.90 Å². The summed E-state index contributed by atoms with van der Waals surface area (Å²) in [5.41, 5.74) is 1.09. The topological polar surface area (TPSA) is 67.4 Å². The monoisotopic (exact) mass is 290 g/mol. The molecule has 6 nitrogen and oxygen atoms in total. The number of carbonyl (C=O) groups is 1. The number of amides is 2. The Bertz CT molecular complexity index is 561. The van der Waals surface area contributed by atoms with Crippen LogP contribution in [0, 0.1) is 0 Å². The third-order valence-electron chi connectivity index (χ3n) is 3.12. The molecule has 3 rings (SSSR count). The van der Waals surface area contributed by atoms with E-state index < -0.39 is 0 Å². The van der Waals surface area contributed by atoms with Crippen LogP contribution >= 0.6 is 11.5 Å². The van der Waals surface area contributed by atoms with Gasteiger partial charge in [-0.05, 0) is 5.56 Å². The Kier molecular flexibility index (Phi) is 3.89. The molecule has 0 saturated carbocycles. The minimum absolute atomic E-state index is 0.0738. The molecular weight excluding hydrogens is 276 g/mol. The number of rotatable bonds is 2. The zero-order chi connectivity index (χ0) is 13.8. The van der Waals surface area contributed by atoms with Gasteiger partial charge in [0.05, 0.1) is 19.3 Å². The summed E-state index contributed by atoms with van der Waals surface area (Å²) in [6.45, 7) is 1.66. The van der Waals surface area contributed by atoms with Crippen molar-refractivity contribution in [2.24, 2.45) is 0 Å². The summed E-state index contributed by atoms with van der Waals surface area (Å²) in [6.07, 6.45) is 1.47. The van der Waals surface area contributed by atoms with Crippen LogP contribution in [0.25, 0.3) is 0 Å². The Hall–Kier alpha value is -1.99. The molecule has 20 heavy (non-hydrogen) atoms. The van der Waals surface area contributed by atoms with Crippen LogP contribution in [-0.4, -0.2) is 40.2 Å². The van der Waals surface area contributed by atoms with Gasteiger partial charge in [0.2, 0.25) is 0 Å². The van der Waals surface area contributed by atoms with Gasteiger partial charge in [-0.3, -0.25) is 5.32 Å². The first-order valence-corrected chi connectivity index (χ1v) is 7.10. The highest BCUT2D eigenvalue weighted by molar-refractivity contribution is 7.10. The lowest BCUT2D eigenvalue weighted by Crippen LogP contribution is -2.44. The van der Waals surface area contributed by atoms with Crippen molar-refractivity contribution in [2.75, 3.05) is 25.0 Å². The number of morpholine rings is 1. The molecule has 0 radical (unpaired) electrons. The Morgan fingerprint density at radius 2 is 2.25 bits per heavy atom. The van der Waals surface area contributed by atoms with E-state index in [-0.39, 0.29) is 12.1 Å². The predicted molar refractivity (Wildman–Crippen MR) is 75.6 cm³/mol. The highest BCUT2D eigenvalue weighted by Crippen LogP contribution is 2.22. The van der Waals surface area contributed by atoms with Crippen molar-refractivity contribution in [3.8, 4) is 0 Å². The van der Waals surface area contributed by atoms with Crippen molar-refractivity contribution in [1.82, 2.24) is 14.5 Å². The van der Waals surface area contributed by atoms with Gasteiger partial charge in [0.25, 0.3) is 0 Å². The average molecular weight is 290 g/mol. The largest absolute Gasteiger partial charge is 0.370 e. The number of nitrogens with zero attached hydrogens (tertiary/aromatic N) is 3. The molecule has 1 unspecified atom stereocenters. The van der Waals surface area contributed by atoms with Crippen LogP contribution < -0.4 is 5.32 Å². The van der Waals surface area contributed by atoms with E-state index in [0.717, 1.165) is 17.1 Å². The maximum atomic E-state index is 12.2. The van der Waals surface area contributed by atoms with E-state index in [1.807, 2.05) is 30.3 Å². The summed E-state index contributed by atoms with van der Waals surface area (Å²) in [5, 5.41) is 7.13. The first-order valence-electron chi connectivity index (χ1n) is 6.33. The number of aromatic nitrogens is 2. The van der Waals surface area contributed by atoms with Gasteiger partial charge in [0.15, 0.2) is 0 Å². The molecule has 1 fully saturated rings. The molecule has 1 aliphatic rings. The van der Waals surface area contributed by atoms with E-state index in [2.05, 4.69) is 14.9 Å². The Morgan fingerprint density at radius 1 is 1.40 bits per heavy atom. The number of benzene rings is 1. The SMILES string of the molecule is O=C(Nc1cnns1)N1CCOC(c2ccccc2)C1. The number of hydrogen-bond acceptors (Lipinski definition) is 5. The molecule has 0 spiro atoms. The summed E-state index contributed by atoms with van der Waals surface area (Å²) in [5.74, 6) is 0. The number of anilines is 1. The van der Waals surface area contributed by atoms with Crippen molar-refractivity contribution in [2.45, 2.75) is 6.10 Å². The third kappa shape index (κ3) is 2.94. The highest BCUT2D eigenvalue weighted by atomic mass is 32.1. The van der Waals surface area contributed by atoms with Crippen LogP contribution in [0.2, 0.25) is 0 Å². The third-order valence-corrected chi connectivity index (χ3v) is 3.70. The normalized spacial score (nSPS) is 18.8. The van der Waals surface area contributed by atoms with Crippen LogP contribution in [0.5, 0.6) is 0 Å². The molecule has 2 amide bonds. The van der Waals surface area contributed by atoms with Gasteiger partial charge >= 0.3 is 6.03 Å². The molecule has 1 saturated heterocycles. The van der Waals surface area contributed by atoms with Crippen molar-refractivity contribution in [3.05, 3.63) is 42.1 Å². The molecule has 1 atom stereocenters. The van der Waals surface area contributed by atoms with E-state index >= 15 is 0 Å². The summed E-state index contributed by atoms with van der Waals surface area (Å²) in [4.78, 5) is 13.9. The van der Waals surface area contributed by atoms with Crippen LogP contribution in [-0.2, 0) is 4.74 Å². The Morgan fingerprint density at radius 3 is 3.00 bits per heavy atom. The minimum Gasteiger partial charge on any atom is -0.370 e. The maximum absolute atomic E-state index is 12.2. The molecule has 1 aliphatic heterocycles. The van der Waals surface area contributed by atoms with E-state index in [9.17, 15) is 4.79 Å². The van der Waals surface area contributed by atoms with Crippen molar-refractivity contribution < 1.29 is 9.53 Å². The number of carbonyl (C=O) groups excluding carboxylic acids is 1. The summed E-state index contributed by atoms with van der Waals surface area (Å²) >= 11 is 1.16. The van der Waals surface area contributed by atoms with Gasteiger partial charge in [-0.15, -0.1) is 5.10 Å². The first kappa shape index (κ1) is 13.0. The smallest absolute Gasteiger partial charge is 0.322 e.